The fraction of sp³-hybridized carbons (Fsp3) is 0.750. The number of aliphatic hydroxyl groups excluding tert-OH is 1. The lowest BCUT2D eigenvalue weighted by atomic mass is 10.7. The predicted molar refractivity (Wildman–Crippen MR) is 36.9 cm³/mol. The van der Waals surface area contributed by atoms with Crippen molar-refractivity contribution in [3.63, 3.8) is 0 Å². The lowest BCUT2D eigenvalue weighted by Gasteiger charge is -1.86. The Morgan fingerprint density at radius 1 is 1.50 bits per heavy atom. The maximum Gasteiger partial charge on any atom is 0.270 e. The maximum atomic E-state index is 10.00. The van der Waals surface area contributed by atoms with Gasteiger partial charge in [-0.05, 0) is 0 Å². The molecule has 0 rings (SSSR count). The zero-order chi connectivity index (χ0) is 8.04. The van der Waals surface area contributed by atoms with Crippen LogP contribution in [0.25, 0.3) is 0 Å². The zero-order valence-electron chi connectivity index (χ0n) is 5.27. The van der Waals surface area contributed by atoms with Crippen molar-refractivity contribution in [1.29, 1.82) is 0 Å². The summed E-state index contributed by atoms with van der Waals surface area (Å²) in [5.74, 6) is -0.493. The lowest BCUT2D eigenvalue weighted by Crippen LogP contribution is -2.05. The molecule has 0 spiro atoms. The first kappa shape index (κ1) is 9.54. The normalized spacial score (nSPS) is 12.6. The minimum absolute atomic E-state index is 0.123. The first-order valence-electron chi connectivity index (χ1n) is 2.60. The summed E-state index contributed by atoms with van der Waals surface area (Å²) in [5.41, 5.74) is 0. The Balaban J connectivity index is 3.55. The van der Waals surface area contributed by atoms with Crippen molar-refractivity contribution >= 4 is 16.3 Å². The van der Waals surface area contributed by atoms with Crippen LogP contribution in [0.15, 0.2) is 4.99 Å². The molecule has 5 nitrogen and oxygen atoms in total. The van der Waals surface area contributed by atoms with Gasteiger partial charge in [0.15, 0.2) is 0 Å². The van der Waals surface area contributed by atoms with Gasteiger partial charge in [0, 0.05) is 6.21 Å². The average Bonchev–Trinajstić information content (AvgIpc) is 1.78. The highest BCUT2D eigenvalue weighted by Gasteiger charge is 1.98. The van der Waals surface area contributed by atoms with Crippen LogP contribution in [0.2, 0.25) is 0 Å². The van der Waals surface area contributed by atoms with E-state index in [1.54, 1.807) is 0 Å². The lowest BCUT2D eigenvalue weighted by molar-refractivity contribution is 0.307. The minimum Gasteiger partial charge on any atom is -0.394 e. The van der Waals surface area contributed by atoms with Gasteiger partial charge in [-0.25, -0.2) is 0 Å². The first-order valence-corrected chi connectivity index (χ1v) is 4.21. The summed E-state index contributed by atoms with van der Waals surface area (Å²) in [4.78, 5) is 3.46. The highest BCUT2D eigenvalue weighted by Crippen LogP contribution is 1.76. The second-order valence-electron chi connectivity index (χ2n) is 1.56. The van der Waals surface area contributed by atoms with Crippen LogP contribution in [-0.2, 0) is 10.1 Å². The minimum atomic E-state index is -3.94. The van der Waals surface area contributed by atoms with Gasteiger partial charge < -0.3 is 5.11 Å². The Morgan fingerprint density at radius 2 is 2.10 bits per heavy atom. The van der Waals surface area contributed by atoms with E-state index in [1.165, 1.54) is 0 Å². The van der Waals surface area contributed by atoms with Gasteiger partial charge in [-0.2, -0.15) is 8.42 Å². The van der Waals surface area contributed by atoms with E-state index in [9.17, 15) is 8.42 Å². The third kappa shape index (κ3) is 7.54. The zero-order valence-corrected chi connectivity index (χ0v) is 6.08. The van der Waals surface area contributed by atoms with Crippen LogP contribution in [-0.4, -0.2) is 43.2 Å². The van der Waals surface area contributed by atoms with Gasteiger partial charge in [-0.3, -0.25) is 9.55 Å². The third-order valence-corrected chi connectivity index (χ3v) is 1.21. The summed E-state index contributed by atoms with van der Waals surface area (Å²) < 4.78 is 28.1. The van der Waals surface area contributed by atoms with E-state index < -0.39 is 15.9 Å². The molecule has 10 heavy (non-hydrogen) atoms. The molecule has 0 aliphatic heterocycles. The topological polar surface area (TPSA) is 87.0 Å². The van der Waals surface area contributed by atoms with Crippen molar-refractivity contribution in [2.24, 2.45) is 4.99 Å². The Bertz CT molecular complexity index is 195. The van der Waals surface area contributed by atoms with E-state index >= 15 is 0 Å². The van der Waals surface area contributed by atoms with Crippen LogP contribution in [0.5, 0.6) is 0 Å². The maximum absolute atomic E-state index is 10.00. The van der Waals surface area contributed by atoms with E-state index in [0.717, 1.165) is 6.21 Å². The molecule has 0 atom stereocenters. The molecule has 0 aromatic heterocycles. The molecule has 0 unspecified atom stereocenters. The fourth-order valence-corrected chi connectivity index (χ4v) is 0.590. The monoisotopic (exact) mass is 167 g/mol. The standard InChI is InChI=1S/C4H9NO4S/c6-3-1-5-2-4-10(7,8)9/h2,6H,1,3-4H2,(H,7,8,9). The number of nitrogens with zero attached hydrogens (tertiary/aromatic N) is 1. The van der Waals surface area contributed by atoms with Crippen LogP contribution >= 0.6 is 0 Å². The Hall–Kier alpha value is -0.460. The van der Waals surface area contributed by atoms with Crippen LogP contribution in [0.4, 0.5) is 0 Å². The molecule has 0 fully saturated rings. The summed E-state index contributed by atoms with van der Waals surface area (Å²) in [7, 11) is -3.94. The van der Waals surface area contributed by atoms with E-state index in [0.29, 0.717) is 0 Å². The van der Waals surface area contributed by atoms with Crippen LogP contribution < -0.4 is 0 Å². The van der Waals surface area contributed by atoms with Crippen molar-refractivity contribution in [3.05, 3.63) is 0 Å². The summed E-state index contributed by atoms with van der Waals surface area (Å²) in [6.07, 6.45) is 1.05. The van der Waals surface area contributed by atoms with Crippen molar-refractivity contribution in [1.82, 2.24) is 0 Å². The number of aliphatic imine (C=N–C) groups is 1. The van der Waals surface area contributed by atoms with Crippen molar-refractivity contribution < 1.29 is 18.1 Å². The Labute approximate surface area is 59.2 Å². The highest BCUT2D eigenvalue weighted by atomic mass is 32.2. The number of hydrogen-bond acceptors (Lipinski definition) is 4. The molecule has 0 radical (unpaired) electrons. The highest BCUT2D eigenvalue weighted by molar-refractivity contribution is 7.86. The molecule has 0 saturated heterocycles. The Kier molecular flexibility index (Phi) is 4.17. The molecule has 60 valence electrons. The quantitative estimate of drug-likeness (QED) is 0.412. The van der Waals surface area contributed by atoms with E-state index in [-0.39, 0.29) is 13.2 Å². The largest absolute Gasteiger partial charge is 0.394 e. The molecule has 0 aromatic carbocycles. The van der Waals surface area contributed by atoms with E-state index in [1.807, 2.05) is 0 Å². The van der Waals surface area contributed by atoms with Crippen molar-refractivity contribution in [2.45, 2.75) is 0 Å². The Morgan fingerprint density at radius 3 is 2.50 bits per heavy atom. The number of hydrogen-bond donors (Lipinski definition) is 2. The van der Waals surface area contributed by atoms with Crippen LogP contribution in [0.1, 0.15) is 0 Å². The van der Waals surface area contributed by atoms with Crippen LogP contribution in [0, 0.1) is 0 Å². The smallest absolute Gasteiger partial charge is 0.270 e. The molecular weight excluding hydrogens is 158 g/mol. The summed E-state index contributed by atoms with van der Waals surface area (Å²) in [6, 6.07) is 0. The predicted octanol–water partition coefficient (Wildman–Crippen LogP) is -1.06. The summed E-state index contributed by atoms with van der Waals surface area (Å²) in [5, 5.41) is 8.17. The van der Waals surface area contributed by atoms with Gasteiger partial charge in [0.25, 0.3) is 10.1 Å². The number of aliphatic hydroxyl groups is 1. The first-order chi connectivity index (χ1) is 4.56. The SMILES string of the molecule is O=S(=O)(O)CC=NCCO. The molecule has 0 bridgehead atoms. The van der Waals surface area contributed by atoms with Gasteiger partial charge in [-0.1, -0.05) is 0 Å². The summed E-state index contributed by atoms with van der Waals surface area (Å²) >= 11 is 0. The molecule has 2 N–H and O–H groups in total. The van der Waals surface area contributed by atoms with Gasteiger partial charge in [0.2, 0.25) is 0 Å². The molecule has 0 saturated carbocycles. The van der Waals surface area contributed by atoms with Crippen LogP contribution in [0.3, 0.4) is 0 Å². The van der Waals surface area contributed by atoms with Gasteiger partial charge >= 0.3 is 0 Å². The number of rotatable bonds is 4. The second-order valence-corrected chi connectivity index (χ2v) is 3.06. The molecule has 0 aliphatic rings. The van der Waals surface area contributed by atoms with E-state index in [4.69, 9.17) is 9.66 Å². The van der Waals surface area contributed by atoms with Crippen molar-refractivity contribution in [3.8, 4) is 0 Å². The average molecular weight is 167 g/mol. The second kappa shape index (κ2) is 4.37. The molecule has 0 aromatic rings. The molecule has 0 aliphatic carbocycles. The van der Waals surface area contributed by atoms with Gasteiger partial charge in [-0.15, -0.1) is 0 Å². The molecule has 0 amide bonds. The molecule has 0 heterocycles. The fourth-order valence-electron chi connectivity index (χ4n) is 0.296. The molecule has 6 heteroatoms. The van der Waals surface area contributed by atoms with Gasteiger partial charge in [0.05, 0.1) is 13.2 Å². The third-order valence-electron chi connectivity index (χ3n) is 0.643. The summed E-state index contributed by atoms with van der Waals surface area (Å²) in [6.45, 7) is 0.0392. The van der Waals surface area contributed by atoms with E-state index in [2.05, 4.69) is 4.99 Å². The molecular formula is C4H9NO4S. The van der Waals surface area contributed by atoms with Gasteiger partial charge in [0.1, 0.15) is 5.75 Å². The van der Waals surface area contributed by atoms with Crippen molar-refractivity contribution in [2.75, 3.05) is 18.9 Å².